The molecule has 0 saturated heterocycles. The number of rotatable bonds is 2. The first kappa shape index (κ1) is 8.97. The van der Waals surface area contributed by atoms with Crippen molar-refractivity contribution in [3.8, 4) is 11.8 Å². The van der Waals surface area contributed by atoms with Crippen LogP contribution in [0.1, 0.15) is 6.92 Å². The number of nitrogens with zero attached hydrogens (tertiary/aromatic N) is 2. The maximum atomic E-state index is 4.17. The van der Waals surface area contributed by atoms with Crippen LogP contribution in [0.25, 0.3) is 10.2 Å². The molecule has 14 heavy (non-hydrogen) atoms. The number of thiophene rings is 1. The second-order valence-corrected chi connectivity index (χ2v) is 3.55. The van der Waals surface area contributed by atoms with Gasteiger partial charge >= 0.3 is 0 Å². The van der Waals surface area contributed by atoms with Gasteiger partial charge in [-0.2, -0.15) is 0 Å². The number of hydrogen-bond donors (Lipinski definition) is 1. The lowest BCUT2D eigenvalue weighted by Crippen LogP contribution is -2.00. The van der Waals surface area contributed by atoms with Crippen molar-refractivity contribution in [2.75, 3.05) is 11.9 Å². The second kappa shape index (κ2) is 4.07. The standard InChI is InChI=1S/C10H9N3S/c1-2-3-5-11-10-9-8(4-6-14-9)12-7-13-10/h4,6-7H,5H2,1H3,(H,11,12,13). The molecular formula is C10H9N3S. The molecule has 2 heterocycles. The van der Waals surface area contributed by atoms with E-state index in [1.54, 1.807) is 17.7 Å². The number of hydrogen-bond acceptors (Lipinski definition) is 4. The first-order valence-corrected chi connectivity index (χ1v) is 5.11. The predicted octanol–water partition coefficient (Wildman–Crippen LogP) is 2.13. The summed E-state index contributed by atoms with van der Waals surface area (Å²) < 4.78 is 1.09. The fourth-order valence-electron chi connectivity index (χ4n) is 1.13. The van der Waals surface area contributed by atoms with Crippen LogP contribution in [0.2, 0.25) is 0 Å². The van der Waals surface area contributed by atoms with Gasteiger partial charge in [0, 0.05) is 0 Å². The zero-order valence-corrected chi connectivity index (χ0v) is 8.56. The molecule has 0 amide bonds. The van der Waals surface area contributed by atoms with Crippen LogP contribution in [0.4, 0.5) is 5.82 Å². The zero-order valence-electron chi connectivity index (χ0n) is 7.74. The lowest BCUT2D eigenvalue weighted by atomic mass is 10.4. The van der Waals surface area contributed by atoms with Crippen molar-refractivity contribution in [1.82, 2.24) is 9.97 Å². The molecule has 0 aliphatic rings. The van der Waals surface area contributed by atoms with E-state index in [1.807, 2.05) is 18.4 Å². The van der Waals surface area contributed by atoms with Crippen molar-refractivity contribution in [2.45, 2.75) is 6.92 Å². The quantitative estimate of drug-likeness (QED) is 0.760. The van der Waals surface area contributed by atoms with Crippen molar-refractivity contribution in [1.29, 1.82) is 0 Å². The first-order chi connectivity index (χ1) is 6.92. The SMILES string of the molecule is CC#CCNc1ncnc2ccsc12. The highest BCUT2D eigenvalue weighted by Gasteiger charge is 2.02. The Hall–Kier alpha value is -1.60. The Bertz CT molecular complexity index is 493. The summed E-state index contributed by atoms with van der Waals surface area (Å²) in [5.74, 6) is 6.63. The summed E-state index contributed by atoms with van der Waals surface area (Å²) in [5, 5.41) is 5.17. The van der Waals surface area contributed by atoms with Gasteiger partial charge in [-0.25, -0.2) is 9.97 Å². The van der Waals surface area contributed by atoms with Crippen LogP contribution in [0.3, 0.4) is 0 Å². The summed E-state index contributed by atoms with van der Waals surface area (Å²) in [5.41, 5.74) is 0.983. The highest BCUT2D eigenvalue weighted by Crippen LogP contribution is 2.24. The van der Waals surface area contributed by atoms with Crippen molar-refractivity contribution in [2.24, 2.45) is 0 Å². The first-order valence-electron chi connectivity index (χ1n) is 4.23. The molecule has 0 aliphatic heterocycles. The van der Waals surface area contributed by atoms with Crippen molar-refractivity contribution < 1.29 is 0 Å². The second-order valence-electron chi connectivity index (χ2n) is 2.64. The molecule has 0 fully saturated rings. The largest absolute Gasteiger partial charge is 0.358 e. The maximum absolute atomic E-state index is 4.17. The van der Waals surface area contributed by atoms with E-state index in [0.29, 0.717) is 6.54 Å². The van der Waals surface area contributed by atoms with E-state index < -0.39 is 0 Å². The van der Waals surface area contributed by atoms with Gasteiger partial charge in [0.25, 0.3) is 0 Å². The van der Waals surface area contributed by atoms with Gasteiger partial charge in [-0.15, -0.1) is 17.3 Å². The average Bonchev–Trinajstić information content (AvgIpc) is 2.67. The maximum Gasteiger partial charge on any atom is 0.148 e. The minimum absolute atomic E-state index is 0.626. The molecule has 2 rings (SSSR count). The molecule has 70 valence electrons. The third-order valence-electron chi connectivity index (χ3n) is 1.76. The van der Waals surface area contributed by atoms with E-state index in [2.05, 4.69) is 27.1 Å². The van der Waals surface area contributed by atoms with Crippen LogP contribution >= 0.6 is 11.3 Å². The molecule has 2 aromatic rings. The molecule has 0 aromatic carbocycles. The van der Waals surface area contributed by atoms with Crippen LogP contribution in [-0.2, 0) is 0 Å². The number of anilines is 1. The van der Waals surface area contributed by atoms with Crippen LogP contribution in [-0.4, -0.2) is 16.5 Å². The van der Waals surface area contributed by atoms with Gasteiger partial charge in [-0.05, 0) is 18.4 Å². The Morgan fingerprint density at radius 2 is 2.43 bits per heavy atom. The summed E-state index contributed by atoms with van der Waals surface area (Å²) >= 11 is 1.64. The Kier molecular flexibility index (Phi) is 2.61. The van der Waals surface area contributed by atoms with Crippen molar-refractivity contribution >= 4 is 27.4 Å². The van der Waals surface area contributed by atoms with Gasteiger partial charge in [0.15, 0.2) is 0 Å². The number of nitrogens with one attached hydrogen (secondary N) is 1. The average molecular weight is 203 g/mol. The van der Waals surface area contributed by atoms with Gasteiger partial charge in [0.05, 0.1) is 16.8 Å². The van der Waals surface area contributed by atoms with Crippen molar-refractivity contribution in [3.63, 3.8) is 0 Å². The smallest absolute Gasteiger partial charge is 0.148 e. The number of fused-ring (bicyclic) bond motifs is 1. The fourth-order valence-corrected chi connectivity index (χ4v) is 1.94. The highest BCUT2D eigenvalue weighted by atomic mass is 32.1. The predicted molar refractivity (Wildman–Crippen MR) is 59.4 cm³/mol. The Morgan fingerprint density at radius 3 is 3.29 bits per heavy atom. The van der Waals surface area contributed by atoms with Gasteiger partial charge in [-0.3, -0.25) is 0 Å². The van der Waals surface area contributed by atoms with E-state index in [4.69, 9.17) is 0 Å². The lowest BCUT2D eigenvalue weighted by molar-refractivity contribution is 1.20. The van der Waals surface area contributed by atoms with Crippen molar-refractivity contribution in [3.05, 3.63) is 17.8 Å². The van der Waals surface area contributed by atoms with Crippen LogP contribution < -0.4 is 5.32 Å². The van der Waals surface area contributed by atoms with Gasteiger partial charge < -0.3 is 5.32 Å². The number of aromatic nitrogens is 2. The summed E-state index contributed by atoms with van der Waals surface area (Å²) in [7, 11) is 0. The highest BCUT2D eigenvalue weighted by molar-refractivity contribution is 7.17. The molecule has 0 spiro atoms. The van der Waals surface area contributed by atoms with E-state index in [-0.39, 0.29) is 0 Å². The minimum Gasteiger partial charge on any atom is -0.358 e. The Balaban J connectivity index is 2.30. The van der Waals surface area contributed by atoms with E-state index in [0.717, 1.165) is 16.0 Å². The molecule has 0 aliphatic carbocycles. The van der Waals surface area contributed by atoms with Crippen LogP contribution in [0.5, 0.6) is 0 Å². The Labute approximate surface area is 86.2 Å². The lowest BCUT2D eigenvalue weighted by Gasteiger charge is -2.00. The summed E-state index contributed by atoms with van der Waals surface area (Å²) in [6.45, 7) is 2.45. The zero-order chi connectivity index (χ0) is 9.80. The summed E-state index contributed by atoms with van der Waals surface area (Å²) in [6.07, 6.45) is 1.57. The van der Waals surface area contributed by atoms with E-state index in [9.17, 15) is 0 Å². The fraction of sp³-hybridized carbons (Fsp3) is 0.200. The van der Waals surface area contributed by atoms with Crippen LogP contribution in [0.15, 0.2) is 17.8 Å². The molecule has 4 heteroatoms. The molecule has 3 nitrogen and oxygen atoms in total. The molecule has 0 bridgehead atoms. The van der Waals surface area contributed by atoms with Gasteiger partial charge in [0.2, 0.25) is 0 Å². The van der Waals surface area contributed by atoms with E-state index in [1.165, 1.54) is 0 Å². The minimum atomic E-state index is 0.626. The third kappa shape index (κ3) is 1.68. The molecule has 0 radical (unpaired) electrons. The van der Waals surface area contributed by atoms with E-state index >= 15 is 0 Å². The summed E-state index contributed by atoms with van der Waals surface area (Å²) in [6, 6.07) is 1.98. The molecule has 2 aromatic heterocycles. The monoisotopic (exact) mass is 203 g/mol. The molecule has 0 saturated carbocycles. The molecule has 0 unspecified atom stereocenters. The normalized spacial score (nSPS) is 9.50. The molecular weight excluding hydrogens is 194 g/mol. The Morgan fingerprint density at radius 1 is 1.50 bits per heavy atom. The topological polar surface area (TPSA) is 37.8 Å². The molecule has 1 N–H and O–H groups in total. The van der Waals surface area contributed by atoms with Crippen LogP contribution in [0, 0.1) is 11.8 Å². The van der Waals surface area contributed by atoms with Gasteiger partial charge in [0.1, 0.15) is 12.1 Å². The molecule has 0 atom stereocenters. The summed E-state index contributed by atoms with van der Waals surface area (Å²) in [4.78, 5) is 8.32. The third-order valence-corrected chi connectivity index (χ3v) is 2.67. The van der Waals surface area contributed by atoms with Gasteiger partial charge in [-0.1, -0.05) is 5.92 Å².